The Kier molecular flexibility index (Phi) is 4.50. The number of nitrogens with zero attached hydrogens (tertiary/aromatic N) is 3. The summed E-state index contributed by atoms with van der Waals surface area (Å²) in [6, 6.07) is 2.20. The number of aliphatic hydroxyl groups is 1. The van der Waals surface area contributed by atoms with Gasteiger partial charge in [-0.2, -0.15) is 4.98 Å². The van der Waals surface area contributed by atoms with E-state index in [4.69, 9.17) is 4.52 Å². The molecule has 0 aliphatic carbocycles. The van der Waals surface area contributed by atoms with Crippen LogP contribution in [0.2, 0.25) is 0 Å². The number of aliphatic hydroxyl groups excluding tert-OH is 1. The number of rotatable bonds is 4. The monoisotopic (exact) mass is 357 g/mol. The van der Waals surface area contributed by atoms with Crippen molar-refractivity contribution in [2.24, 2.45) is 0 Å². The Hall–Kier alpha value is -0.760. The van der Waals surface area contributed by atoms with E-state index in [0.29, 0.717) is 18.3 Å². The van der Waals surface area contributed by atoms with E-state index < -0.39 is 0 Å². The SMILES string of the molecule is OC[C@H]1CCCCN1Cc1nc(-c2cc(Br)cs2)no1. The summed E-state index contributed by atoms with van der Waals surface area (Å²) in [5.74, 6) is 1.25. The van der Waals surface area contributed by atoms with E-state index in [2.05, 4.69) is 31.0 Å². The highest BCUT2D eigenvalue weighted by atomic mass is 79.9. The van der Waals surface area contributed by atoms with Gasteiger partial charge in [0.1, 0.15) is 0 Å². The van der Waals surface area contributed by atoms with Gasteiger partial charge in [0.05, 0.1) is 18.0 Å². The first kappa shape index (κ1) is 14.2. The minimum atomic E-state index is 0.193. The lowest BCUT2D eigenvalue weighted by molar-refractivity contribution is 0.0749. The van der Waals surface area contributed by atoms with Crippen LogP contribution in [0.25, 0.3) is 10.7 Å². The molecule has 5 nitrogen and oxygen atoms in total. The van der Waals surface area contributed by atoms with Crippen LogP contribution in [-0.2, 0) is 6.54 Å². The van der Waals surface area contributed by atoms with Crippen molar-refractivity contribution in [2.75, 3.05) is 13.2 Å². The highest BCUT2D eigenvalue weighted by molar-refractivity contribution is 9.10. The van der Waals surface area contributed by atoms with Crippen LogP contribution in [0.4, 0.5) is 0 Å². The van der Waals surface area contributed by atoms with Gasteiger partial charge in [0, 0.05) is 15.9 Å². The molecule has 0 amide bonds. The summed E-state index contributed by atoms with van der Waals surface area (Å²) in [5, 5.41) is 15.4. The number of hydrogen-bond acceptors (Lipinski definition) is 6. The second kappa shape index (κ2) is 6.34. The van der Waals surface area contributed by atoms with E-state index in [1.54, 1.807) is 11.3 Å². The van der Waals surface area contributed by atoms with Crippen molar-refractivity contribution in [2.45, 2.75) is 31.8 Å². The lowest BCUT2D eigenvalue weighted by Crippen LogP contribution is -2.41. The zero-order valence-electron chi connectivity index (χ0n) is 11.0. The molecular formula is C13H16BrN3O2S. The standard InChI is InChI=1S/C13H16BrN3O2S/c14-9-5-11(20-8-9)13-15-12(19-16-13)6-17-4-2-1-3-10(17)7-18/h5,8,10,18H,1-4,6-7H2/t10-/m1/s1. The topological polar surface area (TPSA) is 62.4 Å². The Labute approximate surface area is 129 Å². The van der Waals surface area contributed by atoms with Gasteiger partial charge in [-0.05, 0) is 41.4 Å². The van der Waals surface area contributed by atoms with Gasteiger partial charge >= 0.3 is 0 Å². The summed E-state index contributed by atoms with van der Waals surface area (Å²) >= 11 is 5.00. The van der Waals surface area contributed by atoms with E-state index >= 15 is 0 Å². The summed E-state index contributed by atoms with van der Waals surface area (Å²) in [6.07, 6.45) is 3.38. The van der Waals surface area contributed by atoms with Crippen LogP contribution in [0.3, 0.4) is 0 Å². The van der Waals surface area contributed by atoms with Crippen molar-refractivity contribution in [1.82, 2.24) is 15.0 Å². The number of piperidine rings is 1. The number of likely N-dealkylation sites (tertiary alicyclic amines) is 1. The molecule has 1 aliphatic heterocycles. The third-order valence-corrected chi connectivity index (χ3v) is 5.24. The normalized spacial score (nSPS) is 20.4. The van der Waals surface area contributed by atoms with Gasteiger partial charge in [-0.15, -0.1) is 11.3 Å². The second-order valence-corrected chi connectivity index (χ2v) is 6.77. The van der Waals surface area contributed by atoms with Gasteiger partial charge in [0.15, 0.2) is 0 Å². The van der Waals surface area contributed by atoms with Crippen molar-refractivity contribution in [3.05, 3.63) is 21.8 Å². The molecule has 1 N–H and O–H groups in total. The van der Waals surface area contributed by atoms with E-state index in [0.717, 1.165) is 28.7 Å². The molecule has 2 aromatic heterocycles. The zero-order valence-corrected chi connectivity index (χ0v) is 13.4. The van der Waals surface area contributed by atoms with Gasteiger partial charge in [-0.3, -0.25) is 4.90 Å². The van der Waals surface area contributed by atoms with Gasteiger partial charge in [0.2, 0.25) is 11.7 Å². The van der Waals surface area contributed by atoms with E-state index in [1.165, 1.54) is 6.42 Å². The molecule has 108 valence electrons. The molecule has 0 aromatic carbocycles. The molecule has 1 saturated heterocycles. The quantitative estimate of drug-likeness (QED) is 0.911. The molecule has 20 heavy (non-hydrogen) atoms. The molecule has 7 heteroatoms. The van der Waals surface area contributed by atoms with Crippen LogP contribution in [0.5, 0.6) is 0 Å². The maximum Gasteiger partial charge on any atom is 0.241 e. The number of aromatic nitrogens is 2. The molecule has 2 aromatic rings. The molecule has 0 unspecified atom stereocenters. The predicted molar refractivity (Wildman–Crippen MR) is 80.4 cm³/mol. The smallest absolute Gasteiger partial charge is 0.241 e. The van der Waals surface area contributed by atoms with Crippen LogP contribution in [0.1, 0.15) is 25.2 Å². The molecule has 3 rings (SSSR count). The number of hydrogen-bond donors (Lipinski definition) is 1. The molecular weight excluding hydrogens is 342 g/mol. The van der Waals surface area contributed by atoms with Gasteiger partial charge in [-0.1, -0.05) is 11.6 Å². The fourth-order valence-electron chi connectivity index (χ4n) is 2.50. The molecule has 3 heterocycles. The summed E-state index contributed by atoms with van der Waals surface area (Å²) < 4.78 is 6.36. The van der Waals surface area contributed by atoms with Crippen LogP contribution in [-0.4, -0.2) is 39.3 Å². The maximum absolute atomic E-state index is 9.41. The molecule has 1 aliphatic rings. The van der Waals surface area contributed by atoms with Gasteiger partial charge in [0.25, 0.3) is 0 Å². The van der Waals surface area contributed by atoms with Crippen molar-refractivity contribution in [3.63, 3.8) is 0 Å². The van der Waals surface area contributed by atoms with Gasteiger partial charge < -0.3 is 9.63 Å². The Bertz CT molecular complexity index is 571. The first-order valence-corrected chi connectivity index (χ1v) is 8.35. The van der Waals surface area contributed by atoms with Crippen LogP contribution in [0, 0.1) is 0 Å². The summed E-state index contributed by atoms with van der Waals surface area (Å²) in [4.78, 5) is 7.66. The van der Waals surface area contributed by atoms with Crippen molar-refractivity contribution in [1.29, 1.82) is 0 Å². The predicted octanol–water partition coefficient (Wildman–Crippen LogP) is 2.91. The lowest BCUT2D eigenvalue weighted by Gasteiger charge is -2.33. The molecule has 1 fully saturated rings. The highest BCUT2D eigenvalue weighted by Crippen LogP contribution is 2.28. The maximum atomic E-state index is 9.41. The van der Waals surface area contributed by atoms with Crippen LogP contribution < -0.4 is 0 Å². The van der Waals surface area contributed by atoms with E-state index in [1.807, 2.05) is 11.4 Å². The Morgan fingerprint density at radius 2 is 2.40 bits per heavy atom. The lowest BCUT2D eigenvalue weighted by atomic mass is 10.0. The third kappa shape index (κ3) is 3.11. The molecule has 0 saturated carbocycles. The summed E-state index contributed by atoms with van der Waals surface area (Å²) in [5.41, 5.74) is 0. The minimum Gasteiger partial charge on any atom is -0.395 e. The van der Waals surface area contributed by atoms with E-state index in [9.17, 15) is 5.11 Å². The fraction of sp³-hybridized carbons (Fsp3) is 0.538. The third-order valence-electron chi connectivity index (χ3n) is 3.55. The van der Waals surface area contributed by atoms with Crippen LogP contribution in [0.15, 0.2) is 20.4 Å². The number of thiophene rings is 1. The zero-order chi connectivity index (χ0) is 13.9. The summed E-state index contributed by atoms with van der Waals surface area (Å²) in [7, 11) is 0. The Morgan fingerprint density at radius 1 is 1.50 bits per heavy atom. The molecule has 0 radical (unpaired) electrons. The average molecular weight is 358 g/mol. The second-order valence-electron chi connectivity index (χ2n) is 4.94. The molecule has 1 atom stereocenters. The first-order valence-electron chi connectivity index (χ1n) is 6.68. The Morgan fingerprint density at radius 3 is 3.15 bits per heavy atom. The Balaban J connectivity index is 1.70. The van der Waals surface area contributed by atoms with Crippen LogP contribution >= 0.6 is 27.3 Å². The van der Waals surface area contributed by atoms with Crippen molar-refractivity contribution in [3.8, 4) is 10.7 Å². The van der Waals surface area contributed by atoms with Gasteiger partial charge in [-0.25, -0.2) is 0 Å². The molecule has 0 bridgehead atoms. The highest BCUT2D eigenvalue weighted by Gasteiger charge is 2.23. The van der Waals surface area contributed by atoms with E-state index in [-0.39, 0.29) is 12.6 Å². The summed E-state index contributed by atoms with van der Waals surface area (Å²) in [6.45, 7) is 1.79. The average Bonchev–Trinajstić information content (AvgIpc) is 3.08. The van der Waals surface area contributed by atoms with Crippen molar-refractivity contribution >= 4 is 27.3 Å². The first-order chi connectivity index (χ1) is 9.76. The van der Waals surface area contributed by atoms with Crippen molar-refractivity contribution < 1.29 is 9.63 Å². The number of halogens is 1. The fourth-order valence-corrected chi connectivity index (χ4v) is 3.85. The molecule has 0 spiro atoms. The minimum absolute atomic E-state index is 0.193. The largest absolute Gasteiger partial charge is 0.395 e.